The molecule has 0 radical (unpaired) electrons. The van der Waals surface area contributed by atoms with Crippen LogP contribution in [-0.2, 0) is 0 Å². The van der Waals surface area contributed by atoms with Crippen molar-refractivity contribution in [2.75, 3.05) is 13.1 Å². The van der Waals surface area contributed by atoms with Crippen LogP contribution >= 0.6 is 22.6 Å². The van der Waals surface area contributed by atoms with Gasteiger partial charge in [0.1, 0.15) is 5.84 Å². The van der Waals surface area contributed by atoms with Gasteiger partial charge in [-0.25, -0.2) is 0 Å². The molecule has 1 N–H and O–H groups in total. The van der Waals surface area contributed by atoms with Crippen molar-refractivity contribution in [2.45, 2.75) is 0 Å². The van der Waals surface area contributed by atoms with E-state index in [-0.39, 0.29) is 0 Å². The highest BCUT2D eigenvalue weighted by Crippen LogP contribution is 2.08. The number of benzene rings is 1. The molecule has 0 bridgehead atoms. The summed E-state index contributed by atoms with van der Waals surface area (Å²) in [7, 11) is 0. The van der Waals surface area contributed by atoms with Gasteiger partial charge in [0.15, 0.2) is 0 Å². The van der Waals surface area contributed by atoms with E-state index in [1.807, 2.05) is 0 Å². The number of nitrogens with one attached hydrogen (secondary N) is 1. The van der Waals surface area contributed by atoms with Crippen LogP contribution in [0.1, 0.15) is 5.56 Å². The van der Waals surface area contributed by atoms with Crippen molar-refractivity contribution >= 4 is 28.4 Å². The largest absolute Gasteiger partial charge is 0.368 e. The van der Waals surface area contributed by atoms with Crippen LogP contribution in [0.25, 0.3) is 0 Å². The molecule has 1 aliphatic heterocycles. The Morgan fingerprint density at radius 3 is 2.58 bits per heavy atom. The monoisotopic (exact) mass is 272 g/mol. The van der Waals surface area contributed by atoms with Gasteiger partial charge in [0.2, 0.25) is 0 Å². The first-order valence-corrected chi connectivity index (χ1v) is 4.98. The number of hydrogen-bond acceptors (Lipinski definition) is 2. The van der Waals surface area contributed by atoms with Gasteiger partial charge in [-0.3, -0.25) is 4.99 Å². The van der Waals surface area contributed by atoms with Crippen LogP contribution in [0.15, 0.2) is 29.3 Å². The highest BCUT2D eigenvalue weighted by Gasteiger charge is 2.06. The Hall–Kier alpha value is -0.580. The lowest BCUT2D eigenvalue weighted by Crippen LogP contribution is -2.19. The number of nitrogens with zero attached hydrogens (tertiary/aromatic N) is 1. The second kappa shape index (κ2) is 3.43. The van der Waals surface area contributed by atoms with E-state index in [2.05, 4.69) is 57.2 Å². The second-order valence-electron chi connectivity index (χ2n) is 2.66. The van der Waals surface area contributed by atoms with E-state index in [9.17, 15) is 0 Å². The third kappa shape index (κ3) is 1.60. The molecular formula is C9H9IN2. The van der Waals surface area contributed by atoms with Gasteiger partial charge in [-0.15, -0.1) is 0 Å². The Bertz CT molecular complexity index is 303. The Kier molecular flexibility index (Phi) is 2.30. The molecule has 2 rings (SSSR count). The van der Waals surface area contributed by atoms with E-state index in [1.54, 1.807) is 0 Å². The van der Waals surface area contributed by atoms with Gasteiger partial charge in [-0.2, -0.15) is 0 Å². The average molecular weight is 272 g/mol. The molecule has 0 unspecified atom stereocenters. The first-order valence-electron chi connectivity index (χ1n) is 3.90. The fraction of sp³-hybridized carbons (Fsp3) is 0.222. The van der Waals surface area contributed by atoms with Crippen LogP contribution < -0.4 is 5.32 Å². The predicted octanol–water partition coefficient (Wildman–Crippen LogP) is 1.64. The molecule has 0 aliphatic carbocycles. The van der Waals surface area contributed by atoms with Crippen LogP contribution in [0.2, 0.25) is 0 Å². The highest BCUT2D eigenvalue weighted by molar-refractivity contribution is 14.1. The number of hydrogen-bond donors (Lipinski definition) is 1. The van der Waals surface area contributed by atoms with Crippen molar-refractivity contribution < 1.29 is 0 Å². The number of halogens is 1. The summed E-state index contributed by atoms with van der Waals surface area (Å²) in [5, 5.41) is 3.24. The van der Waals surface area contributed by atoms with Crippen LogP contribution in [-0.4, -0.2) is 18.9 Å². The van der Waals surface area contributed by atoms with Gasteiger partial charge in [-0.1, -0.05) is 12.1 Å². The summed E-state index contributed by atoms with van der Waals surface area (Å²) in [4.78, 5) is 4.34. The molecule has 0 amide bonds. The van der Waals surface area contributed by atoms with Gasteiger partial charge in [0.05, 0.1) is 6.54 Å². The van der Waals surface area contributed by atoms with Crippen molar-refractivity contribution in [1.29, 1.82) is 0 Å². The molecule has 2 nitrogen and oxygen atoms in total. The lowest BCUT2D eigenvalue weighted by Gasteiger charge is -2.01. The Labute approximate surface area is 85.2 Å². The summed E-state index contributed by atoms with van der Waals surface area (Å²) >= 11 is 2.30. The van der Waals surface area contributed by atoms with Gasteiger partial charge < -0.3 is 5.32 Å². The smallest absolute Gasteiger partial charge is 0.128 e. The average Bonchev–Trinajstić information content (AvgIpc) is 2.58. The molecular weight excluding hydrogens is 263 g/mol. The summed E-state index contributed by atoms with van der Waals surface area (Å²) in [6.45, 7) is 1.88. The molecule has 1 aliphatic rings. The lowest BCUT2D eigenvalue weighted by atomic mass is 10.2. The molecule has 1 heterocycles. The van der Waals surface area contributed by atoms with Gasteiger partial charge >= 0.3 is 0 Å². The van der Waals surface area contributed by atoms with E-state index in [0.717, 1.165) is 18.9 Å². The topological polar surface area (TPSA) is 24.4 Å². The first kappa shape index (κ1) is 8.04. The lowest BCUT2D eigenvalue weighted by molar-refractivity contribution is 0.960. The summed E-state index contributed by atoms with van der Waals surface area (Å²) in [6.07, 6.45) is 0. The van der Waals surface area contributed by atoms with Crippen molar-refractivity contribution in [2.24, 2.45) is 4.99 Å². The molecule has 0 aromatic heterocycles. The summed E-state index contributed by atoms with van der Waals surface area (Å²) in [6, 6.07) is 8.38. The molecule has 1 aromatic carbocycles. The molecule has 12 heavy (non-hydrogen) atoms. The molecule has 62 valence electrons. The Morgan fingerprint density at radius 1 is 1.25 bits per heavy atom. The summed E-state index contributed by atoms with van der Waals surface area (Å²) < 4.78 is 1.26. The van der Waals surface area contributed by atoms with Gasteiger partial charge in [0, 0.05) is 15.7 Å². The van der Waals surface area contributed by atoms with Crippen molar-refractivity contribution in [3.8, 4) is 0 Å². The van der Waals surface area contributed by atoms with E-state index >= 15 is 0 Å². The van der Waals surface area contributed by atoms with E-state index in [1.165, 1.54) is 9.13 Å². The molecule has 0 atom stereocenters. The summed E-state index contributed by atoms with van der Waals surface area (Å²) in [5.41, 5.74) is 1.19. The number of rotatable bonds is 1. The van der Waals surface area contributed by atoms with Crippen molar-refractivity contribution in [1.82, 2.24) is 5.32 Å². The zero-order chi connectivity index (χ0) is 8.39. The zero-order valence-corrected chi connectivity index (χ0v) is 8.71. The zero-order valence-electron chi connectivity index (χ0n) is 6.55. The minimum atomic E-state index is 0.904. The van der Waals surface area contributed by atoms with Crippen LogP contribution in [0.4, 0.5) is 0 Å². The molecule has 3 heteroatoms. The molecule has 1 aromatic rings. The molecule has 0 saturated carbocycles. The minimum absolute atomic E-state index is 0.904. The summed E-state index contributed by atoms with van der Waals surface area (Å²) in [5.74, 6) is 1.03. The van der Waals surface area contributed by atoms with E-state index < -0.39 is 0 Å². The predicted molar refractivity (Wildman–Crippen MR) is 58.6 cm³/mol. The highest BCUT2D eigenvalue weighted by atomic mass is 127. The normalized spacial score (nSPS) is 15.6. The Balaban J connectivity index is 2.28. The standard InChI is InChI=1S/C9H9IN2/c10-8-3-1-7(2-4-8)9-11-5-6-12-9/h1-4H,5-6H2,(H,11,12). The van der Waals surface area contributed by atoms with Crippen LogP contribution in [0.5, 0.6) is 0 Å². The first-order chi connectivity index (χ1) is 5.86. The minimum Gasteiger partial charge on any atom is -0.368 e. The quantitative estimate of drug-likeness (QED) is 0.772. The fourth-order valence-electron chi connectivity index (χ4n) is 1.20. The third-order valence-corrected chi connectivity index (χ3v) is 2.51. The van der Waals surface area contributed by atoms with Crippen molar-refractivity contribution in [3.05, 3.63) is 33.4 Å². The van der Waals surface area contributed by atoms with Crippen LogP contribution in [0.3, 0.4) is 0 Å². The number of amidine groups is 1. The number of aliphatic imine (C=N–C) groups is 1. The third-order valence-electron chi connectivity index (χ3n) is 1.79. The molecule has 0 spiro atoms. The molecule has 0 saturated heterocycles. The van der Waals surface area contributed by atoms with Gasteiger partial charge in [-0.05, 0) is 34.7 Å². The maximum Gasteiger partial charge on any atom is 0.128 e. The maximum absolute atomic E-state index is 4.34. The van der Waals surface area contributed by atoms with Gasteiger partial charge in [0.25, 0.3) is 0 Å². The maximum atomic E-state index is 4.34. The van der Waals surface area contributed by atoms with Crippen LogP contribution in [0, 0.1) is 3.57 Å². The van der Waals surface area contributed by atoms with E-state index in [0.29, 0.717) is 0 Å². The molecule has 0 fully saturated rings. The van der Waals surface area contributed by atoms with Crippen molar-refractivity contribution in [3.63, 3.8) is 0 Å². The Morgan fingerprint density at radius 2 is 2.00 bits per heavy atom. The fourth-order valence-corrected chi connectivity index (χ4v) is 1.56. The van der Waals surface area contributed by atoms with E-state index in [4.69, 9.17) is 0 Å². The second-order valence-corrected chi connectivity index (χ2v) is 3.91. The SMILES string of the molecule is Ic1ccc(C2=NCCN2)cc1.